The lowest BCUT2D eigenvalue weighted by Gasteiger charge is -2.32. The quantitative estimate of drug-likeness (QED) is 0.398. The number of fused-ring (bicyclic) bond motifs is 1. The van der Waals surface area contributed by atoms with Gasteiger partial charge in [0.15, 0.2) is 11.6 Å². The summed E-state index contributed by atoms with van der Waals surface area (Å²) in [6.45, 7) is 11.4. The molecule has 198 valence electrons. The van der Waals surface area contributed by atoms with Gasteiger partial charge in [-0.25, -0.2) is 13.9 Å². The molecule has 2 N–H and O–H groups in total. The Morgan fingerprint density at radius 1 is 1.08 bits per heavy atom. The van der Waals surface area contributed by atoms with E-state index in [-0.39, 0.29) is 6.04 Å². The number of hydrogen-bond donors (Lipinski definition) is 2. The SMILES string of the molecule is CC.CC(Nc1nc(N2CCC2)cn2ncc(F)c12)c1ccc(Cl)cc1Cl.OCCN1CCCCC1. The van der Waals surface area contributed by atoms with Gasteiger partial charge >= 0.3 is 0 Å². The Bertz CT molecular complexity index is 1100. The monoisotopic (exact) mass is 538 g/mol. The summed E-state index contributed by atoms with van der Waals surface area (Å²) in [5.74, 6) is 0.802. The van der Waals surface area contributed by atoms with Gasteiger partial charge < -0.3 is 20.2 Å². The molecule has 36 heavy (non-hydrogen) atoms. The number of rotatable bonds is 6. The van der Waals surface area contributed by atoms with Crippen LogP contribution in [0.2, 0.25) is 10.0 Å². The molecule has 4 heterocycles. The fourth-order valence-corrected chi connectivity index (χ4v) is 4.80. The fourth-order valence-electron chi connectivity index (χ4n) is 4.22. The maximum atomic E-state index is 14.2. The standard InChI is InChI=1S/C17H16Cl2FN5.C7H15NO.C2H6/c1-10(12-4-3-11(18)7-13(12)19)22-17-16-14(20)8-21-25(16)9-15(23-17)24-5-2-6-24;9-7-6-8-4-2-1-3-5-8;1-2/h3-4,7-10H,2,5-6H2,1H3,(H,22,23);9H,1-7H2;1-2H3. The lowest BCUT2D eigenvalue weighted by atomic mass is 10.1. The maximum Gasteiger partial charge on any atom is 0.172 e. The molecule has 1 atom stereocenters. The van der Waals surface area contributed by atoms with Crippen LogP contribution in [0.1, 0.15) is 58.1 Å². The molecular formula is C26H37Cl2FN6O. The third kappa shape index (κ3) is 7.22. The highest BCUT2D eigenvalue weighted by Crippen LogP contribution is 2.31. The van der Waals surface area contributed by atoms with Crippen LogP contribution in [0.4, 0.5) is 16.0 Å². The van der Waals surface area contributed by atoms with Gasteiger partial charge in [-0.05, 0) is 57.0 Å². The second-order valence-corrected chi connectivity index (χ2v) is 9.58. The smallest absolute Gasteiger partial charge is 0.172 e. The number of likely N-dealkylation sites (tertiary alicyclic amines) is 1. The van der Waals surface area contributed by atoms with Crippen molar-refractivity contribution in [3.05, 3.63) is 52.0 Å². The molecule has 1 aromatic carbocycles. The molecule has 2 aliphatic rings. The predicted octanol–water partition coefficient (Wildman–Crippen LogP) is 6.05. The molecule has 5 rings (SSSR count). The van der Waals surface area contributed by atoms with Crippen molar-refractivity contribution in [3.63, 3.8) is 0 Å². The Balaban J connectivity index is 0.000000276. The molecule has 2 fully saturated rings. The number of nitrogens with zero attached hydrogens (tertiary/aromatic N) is 5. The molecule has 0 spiro atoms. The average molecular weight is 540 g/mol. The first kappa shape index (κ1) is 28.4. The third-order valence-corrected chi connectivity index (χ3v) is 6.83. The molecule has 2 saturated heterocycles. The molecule has 0 aliphatic carbocycles. The number of β-amino-alcohol motifs (C(OH)–C–C–N with tert-alkyl or cyclic N) is 1. The van der Waals surface area contributed by atoms with Crippen molar-refractivity contribution < 1.29 is 9.50 Å². The van der Waals surface area contributed by atoms with Crippen LogP contribution in [-0.4, -0.2) is 63.9 Å². The Morgan fingerprint density at radius 2 is 1.81 bits per heavy atom. The average Bonchev–Trinajstić information content (AvgIpc) is 3.21. The van der Waals surface area contributed by atoms with Crippen molar-refractivity contribution in [3.8, 4) is 0 Å². The van der Waals surface area contributed by atoms with E-state index in [4.69, 9.17) is 28.3 Å². The molecular weight excluding hydrogens is 502 g/mol. The first-order valence-electron chi connectivity index (χ1n) is 12.8. The van der Waals surface area contributed by atoms with Crippen molar-refractivity contribution in [1.82, 2.24) is 19.5 Å². The summed E-state index contributed by atoms with van der Waals surface area (Å²) in [5, 5.41) is 17.0. The molecule has 2 aliphatic heterocycles. The lowest BCUT2D eigenvalue weighted by Crippen LogP contribution is -2.38. The largest absolute Gasteiger partial charge is 0.395 e. The van der Waals surface area contributed by atoms with Crippen molar-refractivity contribution in [2.24, 2.45) is 0 Å². The third-order valence-electron chi connectivity index (χ3n) is 6.27. The number of benzene rings is 1. The summed E-state index contributed by atoms with van der Waals surface area (Å²) in [6.07, 6.45) is 8.10. The van der Waals surface area contributed by atoms with Crippen molar-refractivity contribution >= 4 is 40.4 Å². The Labute approximate surface area is 223 Å². The van der Waals surface area contributed by atoms with Crippen LogP contribution in [0.5, 0.6) is 0 Å². The van der Waals surface area contributed by atoms with E-state index in [0.717, 1.165) is 37.4 Å². The zero-order valence-corrected chi connectivity index (χ0v) is 22.9. The van der Waals surface area contributed by atoms with Gasteiger partial charge in [0.05, 0.1) is 25.0 Å². The van der Waals surface area contributed by atoms with Crippen molar-refractivity contribution in [2.45, 2.75) is 52.5 Å². The molecule has 0 bridgehead atoms. The Kier molecular flexibility index (Phi) is 11.0. The van der Waals surface area contributed by atoms with Gasteiger partial charge in [0.1, 0.15) is 11.3 Å². The van der Waals surface area contributed by atoms with Gasteiger partial charge in [-0.3, -0.25) is 0 Å². The van der Waals surface area contributed by atoms with E-state index in [1.165, 1.54) is 43.1 Å². The van der Waals surface area contributed by atoms with Crippen LogP contribution in [-0.2, 0) is 0 Å². The number of piperidine rings is 1. The summed E-state index contributed by atoms with van der Waals surface area (Å²) in [6, 6.07) is 5.14. The molecule has 0 saturated carbocycles. The second kappa shape index (κ2) is 14.0. The van der Waals surface area contributed by atoms with Gasteiger partial charge in [0.2, 0.25) is 0 Å². The molecule has 2 aromatic heterocycles. The predicted molar refractivity (Wildman–Crippen MR) is 147 cm³/mol. The van der Waals surface area contributed by atoms with E-state index in [1.807, 2.05) is 26.8 Å². The van der Waals surface area contributed by atoms with Gasteiger partial charge in [0.25, 0.3) is 0 Å². The molecule has 3 aromatic rings. The van der Waals surface area contributed by atoms with E-state index in [2.05, 4.69) is 25.2 Å². The second-order valence-electron chi connectivity index (χ2n) is 8.73. The van der Waals surface area contributed by atoms with E-state index in [1.54, 1.807) is 18.3 Å². The zero-order chi connectivity index (χ0) is 26.1. The van der Waals surface area contributed by atoms with E-state index >= 15 is 0 Å². The number of hydrogen-bond acceptors (Lipinski definition) is 6. The van der Waals surface area contributed by atoms with Crippen LogP contribution in [0, 0.1) is 5.82 Å². The minimum atomic E-state index is -0.417. The number of aliphatic hydroxyl groups excluding tert-OH is 1. The summed E-state index contributed by atoms with van der Waals surface area (Å²) in [5.41, 5.74) is 1.18. The first-order chi connectivity index (χ1) is 17.5. The van der Waals surface area contributed by atoms with E-state index in [9.17, 15) is 4.39 Å². The highest BCUT2D eigenvalue weighted by molar-refractivity contribution is 6.35. The summed E-state index contributed by atoms with van der Waals surface area (Å²) in [7, 11) is 0. The first-order valence-corrected chi connectivity index (χ1v) is 13.6. The molecule has 10 heteroatoms. The molecule has 1 unspecified atom stereocenters. The van der Waals surface area contributed by atoms with Crippen molar-refractivity contribution in [2.75, 3.05) is 49.5 Å². The number of anilines is 2. The summed E-state index contributed by atoms with van der Waals surface area (Å²) in [4.78, 5) is 9.07. The summed E-state index contributed by atoms with van der Waals surface area (Å²) < 4.78 is 15.7. The van der Waals surface area contributed by atoms with Crippen LogP contribution >= 0.6 is 23.2 Å². The minimum absolute atomic E-state index is 0.179. The zero-order valence-electron chi connectivity index (χ0n) is 21.4. The Hall–Kier alpha value is -2.13. The van der Waals surface area contributed by atoms with E-state index in [0.29, 0.717) is 28.0 Å². The van der Waals surface area contributed by atoms with Gasteiger partial charge in [0, 0.05) is 29.7 Å². The van der Waals surface area contributed by atoms with Crippen LogP contribution in [0.25, 0.3) is 5.52 Å². The summed E-state index contributed by atoms with van der Waals surface area (Å²) >= 11 is 12.2. The topological polar surface area (TPSA) is 68.9 Å². The van der Waals surface area contributed by atoms with Crippen LogP contribution in [0.3, 0.4) is 0 Å². The number of halogens is 3. The van der Waals surface area contributed by atoms with Gasteiger partial charge in [-0.1, -0.05) is 49.5 Å². The van der Waals surface area contributed by atoms with Crippen molar-refractivity contribution in [1.29, 1.82) is 0 Å². The molecule has 0 amide bonds. The molecule has 7 nitrogen and oxygen atoms in total. The fraction of sp³-hybridized carbons (Fsp3) is 0.538. The van der Waals surface area contributed by atoms with E-state index < -0.39 is 5.82 Å². The minimum Gasteiger partial charge on any atom is -0.395 e. The highest BCUT2D eigenvalue weighted by Gasteiger charge is 2.21. The number of aromatic nitrogens is 3. The Morgan fingerprint density at radius 3 is 2.42 bits per heavy atom. The normalized spacial score (nSPS) is 16.4. The van der Waals surface area contributed by atoms with Crippen LogP contribution in [0.15, 0.2) is 30.6 Å². The van der Waals surface area contributed by atoms with Gasteiger partial charge in [-0.15, -0.1) is 0 Å². The lowest BCUT2D eigenvalue weighted by molar-refractivity contribution is 0.173. The number of nitrogens with one attached hydrogen (secondary N) is 1. The van der Waals surface area contributed by atoms with Gasteiger partial charge in [-0.2, -0.15) is 5.10 Å². The number of aliphatic hydroxyl groups is 1. The highest BCUT2D eigenvalue weighted by atomic mass is 35.5. The maximum absolute atomic E-state index is 14.2. The van der Waals surface area contributed by atoms with Crippen LogP contribution < -0.4 is 10.2 Å². The molecule has 0 radical (unpaired) electrons.